The average molecular weight is 507 g/mol. The van der Waals surface area contributed by atoms with Gasteiger partial charge in [-0.05, 0) is 0 Å². The number of aliphatic hydroxyl groups is 2. The molecule has 1 aliphatic rings. The van der Waals surface area contributed by atoms with E-state index in [0.29, 0.717) is 0 Å². The zero-order valence-corrected chi connectivity index (χ0v) is 17.6. The summed E-state index contributed by atoms with van der Waals surface area (Å²) in [4.78, 5) is 47.2. The zero-order valence-electron chi connectivity index (χ0n) is 14.9. The molecule has 0 amide bonds. The average Bonchev–Trinajstić information content (AvgIpc) is 3.13. The molecule has 1 aliphatic heterocycles. The van der Waals surface area contributed by atoms with Crippen molar-refractivity contribution in [2.45, 2.75) is 24.5 Å². The summed E-state index contributed by atoms with van der Waals surface area (Å²) in [6.07, 6.45) is -3.69. The van der Waals surface area contributed by atoms with Gasteiger partial charge in [0.05, 0.1) is 12.9 Å². The summed E-state index contributed by atoms with van der Waals surface area (Å²) in [6.45, 7) is -0.956. The van der Waals surface area contributed by atoms with Gasteiger partial charge in [-0.2, -0.15) is 8.62 Å². The molecule has 174 valence electrons. The molecule has 0 bridgehead atoms. The van der Waals surface area contributed by atoms with E-state index in [0.717, 1.165) is 6.33 Å². The maximum Gasteiger partial charge on any atom is 0.490 e. The van der Waals surface area contributed by atoms with Crippen LogP contribution >= 0.6 is 23.5 Å². The molecule has 0 aliphatic carbocycles. The molecule has 3 rings (SSSR count). The number of fused-ring (bicyclic) bond motifs is 1. The van der Waals surface area contributed by atoms with Gasteiger partial charge in [0, 0.05) is 0 Å². The van der Waals surface area contributed by atoms with Crippen molar-refractivity contribution in [3.63, 3.8) is 0 Å². The van der Waals surface area contributed by atoms with Crippen LogP contribution in [0.2, 0.25) is 0 Å². The van der Waals surface area contributed by atoms with E-state index in [2.05, 4.69) is 28.1 Å². The van der Waals surface area contributed by atoms with Gasteiger partial charge in [-0.3, -0.25) is 9.09 Å². The molecule has 0 saturated carbocycles. The van der Waals surface area contributed by atoms with Crippen molar-refractivity contribution < 1.29 is 61.4 Å². The molecule has 8 N–H and O–H groups in total. The minimum Gasteiger partial charge on any atom is -0.387 e. The van der Waals surface area contributed by atoms with Crippen LogP contribution in [0.15, 0.2) is 12.7 Å². The van der Waals surface area contributed by atoms with Crippen molar-refractivity contribution in [2.24, 2.45) is 0 Å². The number of rotatable bonds is 8. The molecular weight excluding hydrogens is 491 g/mol. The van der Waals surface area contributed by atoms with E-state index in [4.69, 9.17) is 25.2 Å². The lowest BCUT2D eigenvalue weighted by Crippen LogP contribution is -2.33. The molecule has 2 aromatic rings. The lowest BCUT2D eigenvalue weighted by atomic mass is 10.1. The second-order valence-electron chi connectivity index (χ2n) is 6.02. The molecule has 2 unspecified atom stereocenters. The summed E-state index contributed by atoms with van der Waals surface area (Å²) < 4.78 is 51.9. The van der Waals surface area contributed by atoms with Gasteiger partial charge in [0.25, 0.3) is 0 Å². The number of nitrogens with two attached hydrogens (primary N) is 1. The van der Waals surface area contributed by atoms with Gasteiger partial charge in [0.2, 0.25) is 0 Å². The molecule has 1 fully saturated rings. The van der Waals surface area contributed by atoms with Crippen molar-refractivity contribution in [3.05, 3.63) is 12.7 Å². The van der Waals surface area contributed by atoms with E-state index in [9.17, 15) is 28.8 Å². The quantitative estimate of drug-likeness (QED) is 0.197. The maximum absolute atomic E-state index is 11.8. The van der Waals surface area contributed by atoms with Gasteiger partial charge in [-0.15, -0.1) is 0 Å². The number of hydrogen-bond donors (Lipinski definition) is 7. The lowest BCUT2D eigenvalue weighted by molar-refractivity contribution is -0.0503. The Morgan fingerprint density at radius 1 is 1.03 bits per heavy atom. The number of phosphoric ester groups is 1. The van der Waals surface area contributed by atoms with E-state index < -0.39 is 54.6 Å². The highest BCUT2D eigenvalue weighted by Crippen LogP contribution is 2.66. The summed E-state index contributed by atoms with van der Waals surface area (Å²) in [7, 11) is -16.7. The molecule has 2 aromatic heterocycles. The van der Waals surface area contributed by atoms with Gasteiger partial charge >= 0.3 is 23.5 Å². The number of ether oxygens (including phenoxy) is 1. The third-order valence-electron chi connectivity index (χ3n) is 3.82. The number of phosphoric acid groups is 3. The summed E-state index contributed by atoms with van der Waals surface area (Å²) in [6, 6.07) is 0. The van der Waals surface area contributed by atoms with E-state index in [1.807, 2.05) is 0 Å². The van der Waals surface area contributed by atoms with E-state index in [1.54, 1.807) is 0 Å². The van der Waals surface area contributed by atoms with Crippen molar-refractivity contribution >= 4 is 40.4 Å². The second-order valence-corrected chi connectivity index (χ2v) is 10.4. The minimum atomic E-state index is -5.70. The normalized spacial score (nSPS) is 28.5. The molecule has 21 heteroatoms. The number of nitrogens with zero attached hydrogens (tertiary/aromatic N) is 4. The van der Waals surface area contributed by atoms with Crippen LogP contribution < -0.4 is 5.73 Å². The Labute approximate surface area is 171 Å². The monoisotopic (exact) mass is 507 g/mol. The Kier molecular flexibility index (Phi) is 6.68. The summed E-state index contributed by atoms with van der Waals surface area (Å²) >= 11 is 0. The Balaban J connectivity index is 1.69. The molecule has 3 heterocycles. The Morgan fingerprint density at radius 2 is 1.71 bits per heavy atom. The van der Waals surface area contributed by atoms with Crippen molar-refractivity contribution in [3.8, 4) is 0 Å². The third kappa shape index (κ3) is 5.71. The van der Waals surface area contributed by atoms with E-state index in [1.165, 1.54) is 10.9 Å². The van der Waals surface area contributed by atoms with Crippen molar-refractivity contribution in [2.75, 3.05) is 12.3 Å². The van der Waals surface area contributed by atoms with Crippen LogP contribution in [0.1, 0.15) is 6.23 Å². The molecule has 0 radical (unpaired) electrons. The maximum atomic E-state index is 11.8. The highest BCUT2D eigenvalue weighted by molar-refractivity contribution is 7.66. The first-order valence-corrected chi connectivity index (χ1v) is 12.4. The molecule has 0 aromatic carbocycles. The Morgan fingerprint density at radius 3 is 2.35 bits per heavy atom. The van der Waals surface area contributed by atoms with Gasteiger partial charge in [0.1, 0.15) is 30.2 Å². The van der Waals surface area contributed by atoms with Crippen LogP contribution in [0, 0.1) is 0 Å². The highest BCUT2D eigenvalue weighted by atomic mass is 31.3. The van der Waals surface area contributed by atoms with E-state index >= 15 is 0 Å². The van der Waals surface area contributed by atoms with Crippen LogP contribution in [0.25, 0.3) is 11.2 Å². The number of imidazole rings is 1. The number of hydrogen-bond acceptors (Lipinski definition) is 13. The summed E-state index contributed by atoms with van der Waals surface area (Å²) in [5, 5.41) is 20.4. The smallest absolute Gasteiger partial charge is 0.387 e. The number of aliphatic hydroxyl groups excluding tert-OH is 2. The lowest BCUT2D eigenvalue weighted by Gasteiger charge is -2.19. The predicted octanol–water partition coefficient (Wildman–Crippen LogP) is -1.63. The minimum absolute atomic E-state index is 0.0426. The number of nitrogen functional groups attached to an aromatic ring is 1. The van der Waals surface area contributed by atoms with Gasteiger partial charge < -0.3 is 40.3 Å². The fraction of sp³-hybridized carbons (Fsp3) is 0.500. The molecule has 1 saturated heterocycles. The molecular formula is C10H16N5O13P3. The van der Waals surface area contributed by atoms with Gasteiger partial charge in [-0.25, -0.2) is 28.6 Å². The van der Waals surface area contributed by atoms with E-state index in [-0.39, 0.29) is 17.0 Å². The number of aromatic nitrogens is 4. The van der Waals surface area contributed by atoms with Gasteiger partial charge in [0.15, 0.2) is 17.7 Å². The topological polar surface area (TPSA) is 279 Å². The first-order chi connectivity index (χ1) is 14.2. The Bertz CT molecular complexity index is 1100. The molecule has 18 nitrogen and oxygen atoms in total. The van der Waals surface area contributed by atoms with Crippen molar-refractivity contribution in [1.82, 2.24) is 19.5 Å². The highest BCUT2D eigenvalue weighted by Gasteiger charge is 2.47. The fourth-order valence-electron chi connectivity index (χ4n) is 2.62. The predicted molar refractivity (Wildman–Crippen MR) is 95.5 cm³/mol. The van der Waals surface area contributed by atoms with Crippen LogP contribution in [-0.4, -0.2) is 74.2 Å². The first-order valence-electron chi connectivity index (χ1n) is 7.92. The standard InChI is InChI=1S/C10H16N5O13P3/c11-8-5-9(13-2-12-8)15(3-14-5)10-7(17)6(16)4(26-10)1-25-30(21,22)28-31(23,24)27-29(18,19)20/h2-4,6-7,10,16-17H,1H2,(H,21,22)(H,23,24)(H2,11,12,13)(H2,18,19,20)/t4-,6+,7-,10+/m0/s1. The molecule has 6 atom stereocenters. The zero-order chi connectivity index (χ0) is 23.2. The van der Waals surface area contributed by atoms with Crippen LogP contribution in [0.4, 0.5) is 5.82 Å². The van der Waals surface area contributed by atoms with Crippen molar-refractivity contribution in [1.29, 1.82) is 0 Å². The molecule has 0 spiro atoms. The molecule has 31 heavy (non-hydrogen) atoms. The van der Waals surface area contributed by atoms with Crippen LogP contribution in [0.5, 0.6) is 0 Å². The fourth-order valence-corrected chi connectivity index (χ4v) is 5.65. The largest absolute Gasteiger partial charge is 0.490 e. The van der Waals surface area contributed by atoms with Crippen LogP contribution in [0.3, 0.4) is 0 Å². The SMILES string of the molecule is Nc1ncnc2c1ncn2[C@@H]1O[C@@H](COP(=O)(O)OP(=O)(O)OP(=O)(O)O)[C@@H](O)[C@@H]1O. The second kappa shape index (κ2) is 8.53. The first kappa shape index (κ1) is 24.3. The summed E-state index contributed by atoms with van der Waals surface area (Å²) in [5.41, 5.74) is 6.00. The summed E-state index contributed by atoms with van der Waals surface area (Å²) in [5.74, 6) is 0.0426. The Hall–Kier alpha value is -1.36. The number of anilines is 1. The van der Waals surface area contributed by atoms with Gasteiger partial charge in [-0.1, -0.05) is 0 Å². The third-order valence-corrected chi connectivity index (χ3v) is 7.62. The van der Waals surface area contributed by atoms with Crippen LogP contribution in [-0.2, 0) is 31.6 Å².